The fourth-order valence-corrected chi connectivity index (χ4v) is 4.61. The molecular weight excluding hydrogens is 430 g/mol. The molecule has 0 spiro atoms. The Morgan fingerprint density at radius 1 is 1.06 bits per heavy atom. The lowest BCUT2D eigenvalue weighted by molar-refractivity contribution is 0.505. The fraction of sp³-hybridized carbons (Fsp3) is 0.364. The molecule has 2 aliphatic rings. The number of hydrogen-bond donors (Lipinski definition) is 1. The molecule has 5 heterocycles. The van der Waals surface area contributed by atoms with Crippen LogP contribution >= 0.6 is 0 Å². The molecule has 11 heteroatoms. The minimum absolute atomic E-state index is 0.287. The predicted octanol–water partition coefficient (Wildman–Crippen LogP) is 2.81. The molecule has 1 N–H and O–H groups in total. The second-order valence-corrected chi connectivity index (χ2v) is 8.26. The highest BCUT2D eigenvalue weighted by atomic mass is 19.1. The third-order valence-electron chi connectivity index (χ3n) is 6.25. The van der Waals surface area contributed by atoms with Gasteiger partial charge in [0.15, 0.2) is 5.65 Å². The van der Waals surface area contributed by atoms with Gasteiger partial charge in [-0.15, -0.1) is 5.10 Å². The largest absolute Gasteiger partial charge is 0.403 e. The van der Waals surface area contributed by atoms with Crippen molar-refractivity contribution in [3.8, 4) is 11.5 Å². The van der Waals surface area contributed by atoms with Crippen molar-refractivity contribution in [3.05, 3.63) is 53.9 Å². The third-order valence-corrected chi connectivity index (χ3v) is 6.25. The molecule has 0 bridgehead atoms. The molecule has 4 aromatic rings. The van der Waals surface area contributed by atoms with Gasteiger partial charge in [0.05, 0.1) is 12.2 Å². The molecule has 2 aliphatic heterocycles. The lowest BCUT2D eigenvalue weighted by Crippen LogP contribution is -2.43. The molecule has 0 amide bonds. The smallest absolute Gasteiger partial charge is 0.318 e. The van der Waals surface area contributed by atoms with E-state index in [0.717, 1.165) is 45.1 Å². The van der Waals surface area contributed by atoms with Gasteiger partial charge in [-0.3, -0.25) is 0 Å². The van der Waals surface area contributed by atoms with Crippen LogP contribution in [0, 0.1) is 11.6 Å². The Bertz CT molecular complexity index is 1300. The van der Waals surface area contributed by atoms with Gasteiger partial charge < -0.3 is 19.5 Å². The molecule has 9 nitrogen and oxygen atoms in total. The number of aromatic nitrogens is 5. The van der Waals surface area contributed by atoms with Crippen molar-refractivity contribution in [1.29, 1.82) is 0 Å². The second-order valence-electron chi connectivity index (χ2n) is 8.26. The van der Waals surface area contributed by atoms with Crippen molar-refractivity contribution in [2.45, 2.75) is 18.9 Å². The number of fused-ring (bicyclic) bond motifs is 1. The average molecular weight is 452 g/mol. The Morgan fingerprint density at radius 3 is 2.82 bits per heavy atom. The Hall–Kier alpha value is -3.60. The van der Waals surface area contributed by atoms with Crippen molar-refractivity contribution < 1.29 is 13.2 Å². The molecule has 2 fully saturated rings. The van der Waals surface area contributed by atoms with Gasteiger partial charge in [0.25, 0.3) is 5.89 Å². The summed E-state index contributed by atoms with van der Waals surface area (Å²) in [5.41, 5.74) is 1.53. The number of nitrogens with zero attached hydrogens (tertiary/aromatic N) is 7. The molecule has 1 atom stereocenters. The molecule has 6 rings (SSSR count). The summed E-state index contributed by atoms with van der Waals surface area (Å²) < 4.78 is 35.9. The lowest BCUT2D eigenvalue weighted by Gasteiger charge is -2.26. The minimum Gasteiger partial charge on any atom is -0.403 e. The number of hydrogen-bond acceptors (Lipinski definition) is 8. The van der Waals surface area contributed by atoms with Gasteiger partial charge in [-0.2, -0.15) is 5.10 Å². The van der Waals surface area contributed by atoms with E-state index in [2.05, 4.69) is 20.6 Å². The summed E-state index contributed by atoms with van der Waals surface area (Å²) in [5, 5.41) is 16.1. The predicted molar refractivity (Wildman–Crippen MR) is 117 cm³/mol. The molecule has 1 unspecified atom stereocenters. The summed E-state index contributed by atoms with van der Waals surface area (Å²) in [7, 11) is 0. The number of piperazine rings is 1. The third kappa shape index (κ3) is 3.58. The second kappa shape index (κ2) is 8.07. The van der Waals surface area contributed by atoms with Gasteiger partial charge in [-0.25, -0.2) is 18.3 Å². The topological polar surface area (TPSA) is 87.6 Å². The Kier molecular flexibility index (Phi) is 4.90. The fourth-order valence-electron chi connectivity index (χ4n) is 4.61. The molecule has 170 valence electrons. The standard InChI is InChI=1S/C22H22F2N8O/c23-14-3-4-17(24)15(12-14)18-2-1-8-31(18)19-5-9-32-20(27-19)16(13-26-32)21-28-29-22(33-21)30-10-6-25-7-11-30/h3-5,9,12-13,18,25H,1-2,6-8,10-11H2. The first kappa shape index (κ1) is 20.0. The average Bonchev–Trinajstić information content (AvgIpc) is 3.60. The highest BCUT2D eigenvalue weighted by Gasteiger charge is 2.30. The molecule has 2 saturated heterocycles. The van der Waals surface area contributed by atoms with Gasteiger partial charge in [0.1, 0.15) is 23.0 Å². The Morgan fingerprint density at radius 2 is 1.94 bits per heavy atom. The number of anilines is 2. The monoisotopic (exact) mass is 452 g/mol. The van der Waals surface area contributed by atoms with Crippen molar-refractivity contribution in [2.75, 3.05) is 42.5 Å². The van der Waals surface area contributed by atoms with Gasteiger partial charge in [-0.05, 0) is 37.1 Å². The van der Waals surface area contributed by atoms with Gasteiger partial charge >= 0.3 is 6.01 Å². The summed E-state index contributed by atoms with van der Waals surface area (Å²) in [6.45, 7) is 4.02. The Labute approximate surface area is 188 Å². The van der Waals surface area contributed by atoms with E-state index in [1.165, 1.54) is 12.1 Å². The number of halogens is 2. The lowest BCUT2D eigenvalue weighted by atomic mass is 10.0. The molecule has 0 saturated carbocycles. The van der Waals surface area contributed by atoms with Crippen LogP contribution in [0.25, 0.3) is 17.1 Å². The van der Waals surface area contributed by atoms with Crippen LogP contribution in [0.5, 0.6) is 0 Å². The molecular formula is C22H22F2N8O. The summed E-state index contributed by atoms with van der Waals surface area (Å²) in [6.07, 6.45) is 5.02. The molecule has 1 aromatic carbocycles. The van der Waals surface area contributed by atoms with E-state index in [1.54, 1.807) is 16.9 Å². The van der Waals surface area contributed by atoms with Crippen LogP contribution in [0.4, 0.5) is 20.6 Å². The van der Waals surface area contributed by atoms with E-state index in [1.807, 2.05) is 15.9 Å². The Balaban J connectivity index is 1.34. The first-order chi connectivity index (χ1) is 16.2. The van der Waals surface area contributed by atoms with Gasteiger partial charge in [0, 0.05) is 44.5 Å². The number of nitrogens with one attached hydrogen (secondary N) is 1. The van der Waals surface area contributed by atoms with Crippen LogP contribution < -0.4 is 15.1 Å². The summed E-state index contributed by atoms with van der Waals surface area (Å²) in [6, 6.07) is 5.61. The summed E-state index contributed by atoms with van der Waals surface area (Å²) in [5.74, 6) is 0.150. The number of benzene rings is 1. The maximum Gasteiger partial charge on any atom is 0.318 e. The van der Waals surface area contributed by atoms with Crippen LogP contribution in [-0.4, -0.2) is 57.5 Å². The maximum absolute atomic E-state index is 14.5. The van der Waals surface area contributed by atoms with Crippen molar-refractivity contribution in [2.24, 2.45) is 0 Å². The van der Waals surface area contributed by atoms with E-state index in [-0.39, 0.29) is 6.04 Å². The van der Waals surface area contributed by atoms with Gasteiger partial charge in [-0.1, -0.05) is 5.10 Å². The SMILES string of the molecule is Fc1ccc(F)c(C2CCCN2c2ccn3ncc(-c4nnc(N5CCNCC5)o4)c3n2)c1. The molecule has 0 aliphatic carbocycles. The van der Waals surface area contributed by atoms with Crippen LogP contribution in [0.15, 0.2) is 41.1 Å². The van der Waals surface area contributed by atoms with E-state index in [4.69, 9.17) is 9.40 Å². The summed E-state index contributed by atoms with van der Waals surface area (Å²) >= 11 is 0. The van der Waals surface area contributed by atoms with Gasteiger partial charge in [0.2, 0.25) is 0 Å². The maximum atomic E-state index is 14.5. The molecule has 33 heavy (non-hydrogen) atoms. The zero-order valence-corrected chi connectivity index (χ0v) is 17.8. The molecule has 3 aromatic heterocycles. The van der Waals surface area contributed by atoms with Crippen molar-refractivity contribution in [1.82, 2.24) is 30.1 Å². The van der Waals surface area contributed by atoms with Crippen molar-refractivity contribution in [3.63, 3.8) is 0 Å². The van der Waals surface area contributed by atoms with Crippen LogP contribution in [0.1, 0.15) is 24.4 Å². The van der Waals surface area contributed by atoms with E-state index in [9.17, 15) is 8.78 Å². The van der Waals surface area contributed by atoms with Crippen LogP contribution in [-0.2, 0) is 0 Å². The summed E-state index contributed by atoms with van der Waals surface area (Å²) in [4.78, 5) is 8.85. The first-order valence-corrected chi connectivity index (χ1v) is 11.0. The van der Waals surface area contributed by atoms with E-state index < -0.39 is 11.6 Å². The van der Waals surface area contributed by atoms with Crippen LogP contribution in [0.3, 0.4) is 0 Å². The number of rotatable bonds is 4. The van der Waals surface area contributed by atoms with E-state index in [0.29, 0.717) is 41.0 Å². The highest BCUT2D eigenvalue weighted by Crippen LogP contribution is 2.37. The highest BCUT2D eigenvalue weighted by molar-refractivity contribution is 5.72. The normalized spacial score (nSPS) is 19.0. The molecule has 0 radical (unpaired) electrons. The minimum atomic E-state index is -0.448. The van der Waals surface area contributed by atoms with Crippen molar-refractivity contribution >= 4 is 17.5 Å². The first-order valence-electron chi connectivity index (χ1n) is 11.0. The quantitative estimate of drug-likeness (QED) is 0.506. The zero-order valence-electron chi connectivity index (χ0n) is 17.8. The van der Waals surface area contributed by atoms with E-state index >= 15 is 0 Å². The zero-order chi connectivity index (χ0) is 22.4. The van der Waals surface area contributed by atoms with Crippen LogP contribution in [0.2, 0.25) is 0 Å².